The number of hydrogen-bond acceptors (Lipinski definition) is 4. The second-order valence-corrected chi connectivity index (χ2v) is 8.34. The van der Waals surface area contributed by atoms with Crippen molar-refractivity contribution in [2.75, 3.05) is 5.32 Å². The minimum absolute atomic E-state index is 0.0982. The lowest BCUT2D eigenvalue weighted by Gasteiger charge is -2.46. The Kier molecular flexibility index (Phi) is 3.75. The lowest BCUT2D eigenvalue weighted by Crippen LogP contribution is -2.68. The normalized spacial score (nSPS) is 27.3. The highest BCUT2D eigenvalue weighted by Gasteiger charge is 2.69. The number of hydrogen-bond donors (Lipinski definition) is 3. The molecule has 3 rings (SSSR count). The highest BCUT2D eigenvalue weighted by Crippen LogP contribution is 2.58. The van der Waals surface area contributed by atoms with Crippen LogP contribution >= 0.6 is 11.8 Å². The number of carbonyl (C=O) groups excluding carboxylic acids is 2. The van der Waals surface area contributed by atoms with Gasteiger partial charge in [0, 0.05) is 16.9 Å². The number of anilines is 1. The molecule has 1 aromatic carbocycles. The summed E-state index contributed by atoms with van der Waals surface area (Å²) >= 11 is 1.51. The summed E-state index contributed by atoms with van der Waals surface area (Å²) in [6.07, 6.45) is 0.464. The van der Waals surface area contributed by atoms with Crippen LogP contribution in [0.5, 0.6) is 0 Å². The second-order valence-electron chi connectivity index (χ2n) is 6.54. The van der Waals surface area contributed by atoms with E-state index in [0.29, 0.717) is 17.7 Å². The quantitative estimate of drug-likeness (QED) is 0.715. The van der Waals surface area contributed by atoms with Gasteiger partial charge in [0.15, 0.2) is 5.54 Å². The average Bonchev–Trinajstić information content (AvgIpc) is 2.64. The van der Waals surface area contributed by atoms with Crippen LogP contribution in [0.1, 0.15) is 25.8 Å². The number of urea groups is 1. The topological polar surface area (TPSA) is 113 Å². The van der Waals surface area contributed by atoms with Crippen molar-refractivity contribution in [1.82, 2.24) is 4.90 Å². The summed E-state index contributed by atoms with van der Waals surface area (Å²) in [7, 11) is 0. The summed E-state index contributed by atoms with van der Waals surface area (Å²) in [4.78, 5) is 37.1. The van der Waals surface area contributed by atoms with Crippen LogP contribution in [0.15, 0.2) is 24.3 Å². The van der Waals surface area contributed by atoms with Crippen molar-refractivity contribution in [3.8, 4) is 0 Å². The van der Waals surface area contributed by atoms with E-state index in [4.69, 9.17) is 5.73 Å². The van der Waals surface area contributed by atoms with E-state index in [1.807, 2.05) is 13.8 Å². The monoisotopic (exact) mass is 349 g/mol. The molecule has 2 atom stereocenters. The maximum Gasteiger partial charge on any atom is 0.331 e. The first-order chi connectivity index (χ1) is 11.2. The van der Waals surface area contributed by atoms with Crippen molar-refractivity contribution in [1.29, 1.82) is 0 Å². The molecule has 2 heterocycles. The molecule has 4 N–H and O–H groups in total. The van der Waals surface area contributed by atoms with E-state index in [1.165, 1.54) is 16.7 Å². The summed E-state index contributed by atoms with van der Waals surface area (Å²) in [5, 5.41) is 12.5. The smallest absolute Gasteiger partial charge is 0.331 e. The second kappa shape index (κ2) is 5.41. The number of amides is 3. The van der Waals surface area contributed by atoms with Crippen LogP contribution < -0.4 is 11.1 Å². The predicted octanol–water partition coefficient (Wildman–Crippen LogP) is 1.63. The number of β-lactam (4-membered cyclic amide) rings is 1. The molecule has 2 aliphatic heterocycles. The van der Waals surface area contributed by atoms with E-state index in [1.54, 1.807) is 24.3 Å². The summed E-state index contributed by atoms with van der Waals surface area (Å²) in [6.45, 7) is 3.70. The summed E-state index contributed by atoms with van der Waals surface area (Å²) < 4.78 is -0.671. The predicted molar refractivity (Wildman–Crippen MR) is 90.6 cm³/mol. The summed E-state index contributed by atoms with van der Waals surface area (Å²) in [6, 6.07) is 6.19. The molecule has 0 aliphatic carbocycles. The number of rotatable bonds is 4. The summed E-state index contributed by atoms with van der Waals surface area (Å²) in [5.74, 6) is -1.19. The van der Waals surface area contributed by atoms with Gasteiger partial charge in [-0.1, -0.05) is 18.2 Å². The number of thioether (sulfide) groups is 1. The minimum atomic E-state index is -1.37. The Balaban J connectivity index is 2.06. The fraction of sp³-hybridized carbons (Fsp3) is 0.438. The van der Waals surface area contributed by atoms with E-state index < -0.39 is 22.3 Å². The number of carboxylic acids is 1. The van der Waals surface area contributed by atoms with Crippen molar-refractivity contribution < 1.29 is 19.5 Å². The van der Waals surface area contributed by atoms with E-state index in [2.05, 4.69) is 5.32 Å². The highest BCUT2D eigenvalue weighted by molar-refractivity contribution is 8.01. The number of para-hydroxylation sites is 1. The minimum Gasteiger partial charge on any atom is -0.479 e. The summed E-state index contributed by atoms with van der Waals surface area (Å²) in [5.41, 5.74) is 4.92. The maximum absolute atomic E-state index is 12.3. The van der Waals surface area contributed by atoms with Gasteiger partial charge in [0.2, 0.25) is 5.91 Å². The number of carboxylic acid groups (broad SMARTS) is 1. The Bertz CT molecular complexity index is 736. The van der Waals surface area contributed by atoms with Crippen molar-refractivity contribution in [2.24, 2.45) is 5.73 Å². The van der Waals surface area contributed by atoms with Crippen LogP contribution in [-0.4, -0.2) is 43.6 Å². The van der Waals surface area contributed by atoms with Gasteiger partial charge in [-0.15, -0.1) is 11.8 Å². The zero-order valence-electron chi connectivity index (χ0n) is 13.4. The molecule has 0 spiro atoms. The SMILES string of the molecule is CC1(C)S[C@@H]2CC(=O)N2[C@@]1(Cc1ccccc1NC(N)=O)C(=O)O. The van der Waals surface area contributed by atoms with Gasteiger partial charge in [-0.25, -0.2) is 9.59 Å². The van der Waals surface area contributed by atoms with E-state index >= 15 is 0 Å². The zero-order chi connectivity index (χ0) is 17.7. The number of benzene rings is 1. The van der Waals surface area contributed by atoms with Crippen LogP contribution in [0.25, 0.3) is 0 Å². The van der Waals surface area contributed by atoms with Crippen molar-refractivity contribution in [3.05, 3.63) is 29.8 Å². The lowest BCUT2D eigenvalue weighted by molar-refractivity contribution is -0.168. The van der Waals surface area contributed by atoms with Gasteiger partial charge in [0.1, 0.15) is 0 Å². The molecular formula is C16H19N3O4S. The standard InChI is InChI=1S/C16H19N3O4S/c1-15(2)16(13(21)22,19-11(20)7-12(19)24-15)8-9-5-3-4-6-10(9)18-14(17)23/h3-6,12H,7-8H2,1-2H3,(H,21,22)(H3,17,18,23)/t12-,16+/m1/s1. The molecule has 128 valence electrons. The zero-order valence-corrected chi connectivity index (χ0v) is 14.2. The number of nitrogens with one attached hydrogen (secondary N) is 1. The molecule has 2 fully saturated rings. The number of nitrogens with two attached hydrogens (primary N) is 1. The Morgan fingerprint density at radius 3 is 2.67 bits per heavy atom. The molecule has 2 aliphatic rings. The fourth-order valence-electron chi connectivity index (χ4n) is 3.61. The van der Waals surface area contributed by atoms with E-state index in [-0.39, 0.29) is 17.7 Å². The fourth-order valence-corrected chi connectivity index (χ4v) is 5.37. The highest BCUT2D eigenvalue weighted by atomic mass is 32.2. The lowest BCUT2D eigenvalue weighted by atomic mass is 9.76. The Morgan fingerprint density at radius 1 is 1.42 bits per heavy atom. The Labute approximate surface area is 143 Å². The average molecular weight is 349 g/mol. The van der Waals surface area contributed by atoms with E-state index in [0.717, 1.165) is 0 Å². The first-order valence-electron chi connectivity index (χ1n) is 7.57. The first kappa shape index (κ1) is 16.6. The van der Waals surface area contributed by atoms with Gasteiger partial charge >= 0.3 is 12.0 Å². The third-order valence-electron chi connectivity index (χ3n) is 4.82. The molecule has 0 bridgehead atoms. The molecule has 24 heavy (non-hydrogen) atoms. The van der Waals surface area contributed by atoms with Crippen molar-refractivity contribution >= 4 is 35.4 Å². The largest absolute Gasteiger partial charge is 0.479 e. The molecular weight excluding hydrogens is 330 g/mol. The molecule has 0 unspecified atom stereocenters. The van der Waals surface area contributed by atoms with Crippen LogP contribution in [0.3, 0.4) is 0 Å². The molecule has 1 aromatic rings. The molecule has 2 saturated heterocycles. The van der Waals surface area contributed by atoms with Gasteiger partial charge in [0.25, 0.3) is 0 Å². The molecule has 3 amide bonds. The van der Waals surface area contributed by atoms with Gasteiger partial charge in [-0.05, 0) is 25.5 Å². The van der Waals surface area contributed by atoms with Crippen LogP contribution in [-0.2, 0) is 16.0 Å². The van der Waals surface area contributed by atoms with Gasteiger partial charge in [-0.3, -0.25) is 4.79 Å². The molecule has 8 heteroatoms. The molecule has 0 aromatic heterocycles. The Hall–Kier alpha value is -2.22. The van der Waals surface area contributed by atoms with Crippen LogP contribution in [0.2, 0.25) is 0 Å². The molecule has 0 radical (unpaired) electrons. The number of nitrogens with zero attached hydrogens (tertiary/aromatic N) is 1. The first-order valence-corrected chi connectivity index (χ1v) is 8.45. The van der Waals surface area contributed by atoms with Crippen LogP contribution in [0.4, 0.5) is 10.5 Å². The van der Waals surface area contributed by atoms with Gasteiger partial charge in [0.05, 0.1) is 11.8 Å². The Morgan fingerprint density at radius 2 is 2.08 bits per heavy atom. The number of aliphatic carboxylic acids is 1. The molecule has 7 nitrogen and oxygen atoms in total. The number of primary amides is 1. The molecule has 0 saturated carbocycles. The number of carbonyl (C=O) groups is 3. The van der Waals surface area contributed by atoms with Crippen molar-refractivity contribution in [3.63, 3.8) is 0 Å². The maximum atomic E-state index is 12.3. The van der Waals surface area contributed by atoms with Gasteiger partial charge < -0.3 is 21.1 Å². The third kappa shape index (κ3) is 2.24. The van der Waals surface area contributed by atoms with Crippen molar-refractivity contribution in [2.45, 2.75) is 42.3 Å². The van der Waals surface area contributed by atoms with Gasteiger partial charge in [-0.2, -0.15) is 0 Å². The van der Waals surface area contributed by atoms with E-state index in [9.17, 15) is 19.5 Å². The van der Waals surface area contributed by atoms with Crippen LogP contribution in [0, 0.1) is 0 Å². The third-order valence-corrected chi connectivity index (χ3v) is 6.40. The number of fused-ring (bicyclic) bond motifs is 1.